The van der Waals surface area contributed by atoms with Crippen molar-refractivity contribution in [2.45, 2.75) is 43.4 Å². The van der Waals surface area contributed by atoms with Gasteiger partial charge in [0.25, 0.3) is 0 Å². The number of allylic oxidation sites excluding steroid dienone is 2. The van der Waals surface area contributed by atoms with E-state index in [0.717, 1.165) is 12.8 Å². The number of nitrogens with zero attached hydrogens (tertiary/aromatic N) is 1. The summed E-state index contributed by atoms with van der Waals surface area (Å²) in [5, 5.41) is 2.63. The molecule has 0 spiro atoms. The van der Waals surface area contributed by atoms with Crippen molar-refractivity contribution in [1.29, 1.82) is 0 Å². The van der Waals surface area contributed by atoms with Gasteiger partial charge in [0.15, 0.2) is 0 Å². The van der Waals surface area contributed by atoms with Gasteiger partial charge in [0, 0.05) is 33.2 Å². The number of benzene rings is 6. The SMILES string of the molecule is CC1(C)c2ccccc2-c2cccc(C3(c4ccc5c(c4)c4ccccc4n5-c4ccccc4)c4ccccc4C4C=CCCC43)c21. The minimum Gasteiger partial charge on any atom is -0.309 e. The fraction of sp³-hybridized carbons (Fsp3) is 0.174. The average molecular weight is 604 g/mol. The monoisotopic (exact) mass is 603 g/mol. The Morgan fingerprint density at radius 2 is 1.30 bits per heavy atom. The summed E-state index contributed by atoms with van der Waals surface area (Å²) in [6.45, 7) is 4.90. The van der Waals surface area contributed by atoms with Gasteiger partial charge in [-0.3, -0.25) is 0 Å². The molecule has 0 bridgehead atoms. The second-order valence-electron chi connectivity index (χ2n) is 14.4. The summed E-state index contributed by atoms with van der Waals surface area (Å²) >= 11 is 0. The lowest BCUT2D eigenvalue weighted by Crippen LogP contribution is -2.38. The van der Waals surface area contributed by atoms with Crippen molar-refractivity contribution in [3.63, 3.8) is 0 Å². The molecular weight excluding hydrogens is 567 g/mol. The van der Waals surface area contributed by atoms with Gasteiger partial charge in [0.1, 0.15) is 0 Å². The van der Waals surface area contributed by atoms with Crippen LogP contribution < -0.4 is 0 Å². The Kier molecular flexibility index (Phi) is 5.57. The molecule has 0 N–H and O–H groups in total. The van der Waals surface area contributed by atoms with Gasteiger partial charge in [-0.15, -0.1) is 0 Å². The smallest absolute Gasteiger partial charge is 0.0541 e. The molecule has 0 saturated heterocycles. The predicted molar refractivity (Wildman–Crippen MR) is 196 cm³/mol. The van der Waals surface area contributed by atoms with Crippen LogP contribution in [0.25, 0.3) is 38.6 Å². The fourth-order valence-electron chi connectivity index (χ4n) is 10.1. The summed E-state index contributed by atoms with van der Waals surface area (Å²) in [6.07, 6.45) is 7.24. The van der Waals surface area contributed by atoms with Crippen LogP contribution in [0.15, 0.2) is 152 Å². The zero-order chi connectivity index (χ0) is 31.3. The number of fused-ring (bicyclic) bond motifs is 9. The largest absolute Gasteiger partial charge is 0.309 e. The molecule has 0 aliphatic heterocycles. The third-order valence-electron chi connectivity index (χ3n) is 11.9. The first-order chi connectivity index (χ1) is 23.1. The van der Waals surface area contributed by atoms with Crippen LogP contribution in [0.3, 0.4) is 0 Å². The van der Waals surface area contributed by atoms with Gasteiger partial charge in [-0.05, 0) is 93.6 Å². The maximum atomic E-state index is 2.57. The number of rotatable bonds is 3. The summed E-state index contributed by atoms with van der Waals surface area (Å²) in [4.78, 5) is 0. The minimum absolute atomic E-state index is 0.111. The molecule has 1 heterocycles. The third-order valence-corrected chi connectivity index (χ3v) is 11.9. The standard InChI is InChI=1S/C46H37N/c1-45(2)38-22-10-6-19-34(38)36-21-14-25-41(44(36)45)46(39-23-11-7-17-32(39)33-18-8-12-24-40(33)46)30-27-28-43-37(29-30)35-20-9-13-26-42(35)47(43)31-15-4-3-5-16-31/h3-11,13-23,25-29,33,40H,12,24H2,1-2H3. The van der Waals surface area contributed by atoms with E-state index in [1.165, 1.54) is 72.0 Å². The van der Waals surface area contributed by atoms with E-state index in [2.05, 4.69) is 170 Å². The summed E-state index contributed by atoms with van der Waals surface area (Å²) in [6, 6.07) is 52.9. The molecule has 47 heavy (non-hydrogen) atoms. The first kappa shape index (κ1) is 27.0. The maximum absolute atomic E-state index is 2.57. The Morgan fingerprint density at radius 3 is 2.19 bits per heavy atom. The molecule has 1 heteroatoms. The molecule has 1 aromatic heterocycles. The van der Waals surface area contributed by atoms with Gasteiger partial charge < -0.3 is 4.57 Å². The van der Waals surface area contributed by atoms with Gasteiger partial charge in [-0.2, -0.15) is 0 Å². The molecule has 3 unspecified atom stereocenters. The van der Waals surface area contributed by atoms with Crippen LogP contribution in [0.2, 0.25) is 0 Å². The molecule has 0 radical (unpaired) electrons. The zero-order valence-corrected chi connectivity index (χ0v) is 26.9. The summed E-state index contributed by atoms with van der Waals surface area (Å²) < 4.78 is 2.44. The van der Waals surface area contributed by atoms with E-state index in [4.69, 9.17) is 0 Å². The predicted octanol–water partition coefficient (Wildman–Crippen LogP) is 11.5. The van der Waals surface area contributed by atoms with Crippen LogP contribution in [0, 0.1) is 5.92 Å². The molecule has 3 aliphatic rings. The number of para-hydroxylation sites is 2. The van der Waals surface area contributed by atoms with E-state index < -0.39 is 0 Å². The highest BCUT2D eigenvalue weighted by Crippen LogP contribution is 2.64. The van der Waals surface area contributed by atoms with E-state index in [-0.39, 0.29) is 10.8 Å². The zero-order valence-electron chi connectivity index (χ0n) is 26.9. The van der Waals surface area contributed by atoms with E-state index in [1.54, 1.807) is 0 Å². The molecule has 3 aliphatic carbocycles. The summed E-state index contributed by atoms with van der Waals surface area (Å²) in [5.41, 5.74) is 14.9. The van der Waals surface area contributed by atoms with Crippen LogP contribution in [-0.2, 0) is 10.8 Å². The van der Waals surface area contributed by atoms with Crippen molar-refractivity contribution in [1.82, 2.24) is 4.57 Å². The molecule has 3 atom stereocenters. The summed E-state index contributed by atoms with van der Waals surface area (Å²) in [5.74, 6) is 0.819. The van der Waals surface area contributed by atoms with E-state index in [9.17, 15) is 0 Å². The Morgan fingerprint density at radius 1 is 0.596 bits per heavy atom. The molecule has 6 aromatic carbocycles. The van der Waals surface area contributed by atoms with Gasteiger partial charge in [0.05, 0.1) is 11.0 Å². The normalized spacial score (nSPS) is 21.8. The lowest BCUT2D eigenvalue weighted by Gasteiger charge is -2.43. The first-order valence-corrected chi connectivity index (χ1v) is 17.2. The van der Waals surface area contributed by atoms with Crippen LogP contribution in [0.5, 0.6) is 0 Å². The molecule has 10 rings (SSSR count). The van der Waals surface area contributed by atoms with Gasteiger partial charge in [-0.25, -0.2) is 0 Å². The molecule has 1 nitrogen and oxygen atoms in total. The molecule has 226 valence electrons. The van der Waals surface area contributed by atoms with Crippen molar-refractivity contribution in [3.8, 4) is 16.8 Å². The van der Waals surface area contributed by atoms with Crippen molar-refractivity contribution in [3.05, 3.63) is 185 Å². The van der Waals surface area contributed by atoms with Crippen molar-refractivity contribution >= 4 is 21.8 Å². The minimum atomic E-state index is -0.291. The lowest BCUT2D eigenvalue weighted by molar-refractivity contribution is 0.342. The van der Waals surface area contributed by atoms with Gasteiger partial charge in [-0.1, -0.05) is 135 Å². The Balaban J connectivity index is 1.34. The van der Waals surface area contributed by atoms with Gasteiger partial charge >= 0.3 is 0 Å². The number of aromatic nitrogens is 1. The van der Waals surface area contributed by atoms with Gasteiger partial charge in [0.2, 0.25) is 0 Å². The molecule has 7 aromatic rings. The van der Waals surface area contributed by atoms with Crippen LogP contribution >= 0.6 is 0 Å². The molecule has 0 amide bonds. The van der Waals surface area contributed by atoms with Crippen molar-refractivity contribution in [2.75, 3.05) is 0 Å². The number of hydrogen-bond acceptors (Lipinski definition) is 0. The Labute approximate surface area is 276 Å². The maximum Gasteiger partial charge on any atom is 0.0541 e. The second kappa shape index (κ2) is 9.69. The van der Waals surface area contributed by atoms with Crippen molar-refractivity contribution < 1.29 is 0 Å². The van der Waals surface area contributed by atoms with Crippen LogP contribution in [0.1, 0.15) is 66.0 Å². The quantitative estimate of drug-likeness (QED) is 0.177. The Bertz CT molecular complexity index is 2400. The van der Waals surface area contributed by atoms with E-state index in [1.807, 2.05) is 0 Å². The molecule has 0 saturated carbocycles. The van der Waals surface area contributed by atoms with Crippen LogP contribution in [-0.4, -0.2) is 4.57 Å². The van der Waals surface area contributed by atoms with Crippen LogP contribution in [0.4, 0.5) is 0 Å². The average Bonchev–Trinajstić information content (AvgIpc) is 3.70. The first-order valence-electron chi connectivity index (χ1n) is 17.2. The highest BCUT2D eigenvalue weighted by Gasteiger charge is 2.56. The van der Waals surface area contributed by atoms with E-state index in [0.29, 0.717) is 11.8 Å². The Hall–Kier alpha value is -5.14. The highest BCUT2D eigenvalue weighted by molar-refractivity contribution is 6.09. The molecule has 0 fully saturated rings. The van der Waals surface area contributed by atoms with E-state index >= 15 is 0 Å². The second-order valence-corrected chi connectivity index (χ2v) is 14.4. The van der Waals surface area contributed by atoms with Crippen molar-refractivity contribution in [2.24, 2.45) is 5.92 Å². The number of hydrogen-bond donors (Lipinski definition) is 0. The highest BCUT2D eigenvalue weighted by atomic mass is 15.0. The summed E-state index contributed by atoms with van der Waals surface area (Å²) in [7, 11) is 0. The fourth-order valence-corrected chi connectivity index (χ4v) is 10.1. The molecular formula is C46H37N. The third kappa shape index (κ3) is 3.44. The topological polar surface area (TPSA) is 4.93 Å². The lowest BCUT2D eigenvalue weighted by atomic mass is 9.59.